The summed E-state index contributed by atoms with van der Waals surface area (Å²) < 4.78 is 12.2. The summed E-state index contributed by atoms with van der Waals surface area (Å²) in [5.41, 5.74) is 1.37. The average Bonchev–Trinajstić information content (AvgIpc) is 2.57. The molecule has 4 nitrogen and oxygen atoms in total. The van der Waals surface area contributed by atoms with Crippen LogP contribution in [0.25, 0.3) is 0 Å². The third kappa shape index (κ3) is 5.82. The number of guanidine groups is 1. The van der Waals surface area contributed by atoms with E-state index >= 15 is 0 Å². The first kappa shape index (κ1) is 17.7. The quantitative estimate of drug-likeness (QED) is 0.481. The van der Waals surface area contributed by atoms with Gasteiger partial charge in [0, 0.05) is 38.8 Å². The molecule has 2 atom stereocenters. The molecular formula is C18H29FN4. The second-order valence-electron chi connectivity index (χ2n) is 6.21. The molecule has 2 unspecified atom stereocenters. The van der Waals surface area contributed by atoms with Gasteiger partial charge in [0.05, 0.1) is 6.67 Å². The van der Waals surface area contributed by atoms with Gasteiger partial charge >= 0.3 is 0 Å². The molecule has 0 amide bonds. The van der Waals surface area contributed by atoms with E-state index in [1.54, 1.807) is 7.05 Å². The molecule has 0 radical (unpaired) electrons. The summed E-state index contributed by atoms with van der Waals surface area (Å²) in [4.78, 5) is 6.76. The SMILES string of the molecule is CN=C(NCCCF)NC1CCN(Cc2ccccc2)C(C)C1. The molecule has 1 saturated heterocycles. The maximum atomic E-state index is 12.2. The van der Waals surface area contributed by atoms with E-state index in [9.17, 15) is 4.39 Å². The molecule has 0 spiro atoms. The van der Waals surface area contributed by atoms with Gasteiger partial charge in [0.15, 0.2) is 5.96 Å². The van der Waals surface area contributed by atoms with Crippen molar-refractivity contribution in [2.24, 2.45) is 4.99 Å². The van der Waals surface area contributed by atoms with E-state index in [4.69, 9.17) is 0 Å². The summed E-state index contributed by atoms with van der Waals surface area (Å²) >= 11 is 0. The van der Waals surface area contributed by atoms with Gasteiger partial charge in [-0.3, -0.25) is 14.3 Å². The standard InChI is InChI=1S/C18H29FN4/c1-15-13-17(22-18(20-2)21-11-6-10-19)9-12-23(15)14-16-7-4-3-5-8-16/h3-5,7-8,15,17H,6,9-14H2,1-2H3,(H2,20,21,22). The van der Waals surface area contributed by atoms with Crippen molar-refractivity contribution in [3.8, 4) is 0 Å². The first-order valence-electron chi connectivity index (χ1n) is 8.54. The molecule has 2 rings (SSSR count). The Balaban J connectivity index is 1.79. The maximum Gasteiger partial charge on any atom is 0.191 e. The third-order valence-electron chi connectivity index (χ3n) is 4.41. The summed E-state index contributed by atoms with van der Waals surface area (Å²) in [5.74, 6) is 0.784. The largest absolute Gasteiger partial charge is 0.356 e. The number of piperidine rings is 1. The molecule has 0 aliphatic carbocycles. The number of nitrogens with one attached hydrogen (secondary N) is 2. The Bertz CT molecular complexity index is 477. The van der Waals surface area contributed by atoms with E-state index in [1.807, 2.05) is 0 Å². The average molecular weight is 320 g/mol. The van der Waals surface area contributed by atoms with Crippen LogP contribution in [0, 0.1) is 0 Å². The van der Waals surface area contributed by atoms with Crippen LogP contribution in [0.1, 0.15) is 31.7 Å². The van der Waals surface area contributed by atoms with Crippen LogP contribution in [-0.4, -0.2) is 49.8 Å². The number of hydrogen-bond acceptors (Lipinski definition) is 2. The van der Waals surface area contributed by atoms with Gasteiger partial charge in [0.2, 0.25) is 0 Å². The van der Waals surface area contributed by atoms with Crippen LogP contribution in [0.4, 0.5) is 4.39 Å². The van der Waals surface area contributed by atoms with Crippen LogP contribution >= 0.6 is 0 Å². The van der Waals surface area contributed by atoms with Gasteiger partial charge in [-0.2, -0.15) is 0 Å². The van der Waals surface area contributed by atoms with Crippen LogP contribution in [0.2, 0.25) is 0 Å². The fourth-order valence-electron chi connectivity index (χ4n) is 3.07. The van der Waals surface area contributed by atoms with Gasteiger partial charge in [-0.1, -0.05) is 30.3 Å². The molecule has 2 N–H and O–H groups in total. The number of nitrogens with zero attached hydrogens (tertiary/aromatic N) is 2. The number of halogens is 1. The predicted octanol–water partition coefficient (Wildman–Crippen LogP) is 2.56. The van der Waals surface area contributed by atoms with Crippen molar-refractivity contribution in [2.45, 2.75) is 44.8 Å². The summed E-state index contributed by atoms with van der Waals surface area (Å²) in [6.45, 7) is 4.71. The van der Waals surface area contributed by atoms with E-state index in [0.29, 0.717) is 25.0 Å². The van der Waals surface area contributed by atoms with Gasteiger partial charge in [0.1, 0.15) is 0 Å². The first-order chi connectivity index (χ1) is 11.2. The Morgan fingerprint density at radius 3 is 2.78 bits per heavy atom. The number of alkyl halides is 1. The molecular weight excluding hydrogens is 291 g/mol. The second-order valence-corrected chi connectivity index (χ2v) is 6.21. The highest BCUT2D eigenvalue weighted by Gasteiger charge is 2.25. The lowest BCUT2D eigenvalue weighted by atomic mass is 9.97. The van der Waals surface area contributed by atoms with Crippen molar-refractivity contribution in [1.82, 2.24) is 15.5 Å². The number of benzene rings is 1. The summed E-state index contributed by atoms with van der Waals surface area (Å²) in [7, 11) is 1.76. The Morgan fingerprint density at radius 2 is 2.13 bits per heavy atom. The van der Waals surface area contributed by atoms with E-state index < -0.39 is 0 Å². The van der Waals surface area contributed by atoms with E-state index in [1.165, 1.54) is 5.56 Å². The van der Waals surface area contributed by atoms with Crippen molar-refractivity contribution in [2.75, 3.05) is 26.8 Å². The number of likely N-dealkylation sites (tertiary alicyclic amines) is 1. The summed E-state index contributed by atoms with van der Waals surface area (Å²) in [6, 6.07) is 11.6. The zero-order chi connectivity index (χ0) is 16.5. The predicted molar refractivity (Wildman–Crippen MR) is 94.4 cm³/mol. The normalized spacial score (nSPS) is 22.8. The minimum absolute atomic E-state index is 0.293. The molecule has 1 aromatic carbocycles. The van der Waals surface area contributed by atoms with Crippen molar-refractivity contribution in [3.05, 3.63) is 35.9 Å². The molecule has 1 heterocycles. The molecule has 1 aliphatic heterocycles. The zero-order valence-corrected chi connectivity index (χ0v) is 14.3. The third-order valence-corrected chi connectivity index (χ3v) is 4.41. The Morgan fingerprint density at radius 1 is 1.35 bits per heavy atom. The van der Waals surface area contributed by atoms with Crippen LogP contribution in [0.3, 0.4) is 0 Å². The molecule has 1 aromatic rings. The number of aliphatic imine (C=N–C) groups is 1. The Hall–Kier alpha value is -1.62. The Labute approximate surface area is 139 Å². The number of hydrogen-bond donors (Lipinski definition) is 2. The topological polar surface area (TPSA) is 39.7 Å². The van der Waals surface area contributed by atoms with Gasteiger partial charge in [0.25, 0.3) is 0 Å². The van der Waals surface area contributed by atoms with Crippen molar-refractivity contribution >= 4 is 5.96 Å². The molecule has 23 heavy (non-hydrogen) atoms. The molecule has 5 heteroatoms. The monoisotopic (exact) mass is 320 g/mol. The molecule has 1 fully saturated rings. The molecule has 1 aliphatic rings. The zero-order valence-electron chi connectivity index (χ0n) is 14.3. The van der Waals surface area contributed by atoms with Gasteiger partial charge < -0.3 is 10.6 Å². The lowest BCUT2D eigenvalue weighted by molar-refractivity contribution is 0.134. The van der Waals surface area contributed by atoms with Crippen LogP contribution in [-0.2, 0) is 6.54 Å². The van der Waals surface area contributed by atoms with E-state index in [-0.39, 0.29) is 6.67 Å². The first-order valence-corrected chi connectivity index (χ1v) is 8.54. The minimum atomic E-state index is -0.293. The highest BCUT2D eigenvalue weighted by Crippen LogP contribution is 2.19. The van der Waals surface area contributed by atoms with Crippen molar-refractivity contribution < 1.29 is 4.39 Å². The van der Waals surface area contributed by atoms with E-state index in [2.05, 4.69) is 57.8 Å². The highest BCUT2D eigenvalue weighted by molar-refractivity contribution is 5.79. The van der Waals surface area contributed by atoms with Gasteiger partial charge in [-0.05, 0) is 31.7 Å². The van der Waals surface area contributed by atoms with E-state index in [0.717, 1.165) is 31.9 Å². The Kier molecular flexibility index (Phi) is 7.33. The fraction of sp³-hybridized carbons (Fsp3) is 0.611. The highest BCUT2D eigenvalue weighted by atomic mass is 19.1. The van der Waals surface area contributed by atoms with Gasteiger partial charge in [-0.25, -0.2) is 0 Å². The molecule has 0 bridgehead atoms. The summed E-state index contributed by atoms with van der Waals surface area (Å²) in [6.07, 6.45) is 2.71. The maximum absolute atomic E-state index is 12.2. The molecule has 128 valence electrons. The lowest BCUT2D eigenvalue weighted by Gasteiger charge is -2.38. The lowest BCUT2D eigenvalue weighted by Crippen LogP contribution is -2.51. The van der Waals surface area contributed by atoms with Crippen LogP contribution < -0.4 is 10.6 Å². The number of rotatable bonds is 6. The van der Waals surface area contributed by atoms with Crippen molar-refractivity contribution in [3.63, 3.8) is 0 Å². The van der Waals surface area contributed by atoms with Crippen LogP contribution in [0.15, 0.2) is 35.3 Å². The summed E-state index contributed by atoms with van der Waals surface area (Å²) in [5, 5.41) is 6.64. The minimum Gasteiger partial charge on any atom is -0.356 e. The van der Waals surface area contributed by atoms with Crippen molar-refractivity contribution in [1.29, 1.82) is 0 Å². The second kappa shape index (κ2) is 9.50. The van der Waals surface area contributed by atoms with Gasteiger partial charge in [-0.15, -0.1) is 0 Å². The van der Waals surface area contributed by atoms with Crippen LogP contribution in [0.5, 0.6) is 0 Å². The smallest absolute Gasteiger partial charge is 0.191 e. The molecule has 0 saturated carbocycles. The fourth-order valence-corrected chi connectivity index (χ4v) is 3.07. The molecule has 0 aromatic heterocycles.